The number of nitriles is 1. The standard InChI is InChI=1S/C27H27ClFN3O2/c1-19-16-32(26-11-10-24(14-25(26)28)34-13-12-33)27(22-6-8-23(29)9-7-22)18-31(19)17-21-4-2-20(15-30)3-5-21/h2-11,14,19,27,33H,12-13,16-18H2,1H3/t19-,27+/m1/s1. The van der Waals surface area contributed by atoms with Gasteiger partial charge < -0.3 is 14.7 Å². The Labute approximate surface area is 204 Å². The number of aliphatic hydroxyl groups excluding tert-OH is 1. The second kappa shape index (κ2) is 10.9. The molecular weight excluding hydrogens is 453 g/mol. The molecule has 1 saturated heterocycles. The van der Waals surface area contributed by atoms with Crippen molar-refractivity contribution in [2.45, 2.75) is 25.6 Å². The van der Waals surface area contributed by atoms with Crippen LogP contribution in [0.4, 0.5) is 10.1 Å². The predicted molar refractivity (Wildman–Crippen MR) is 132 cm³/mol. The number of anilines is 1. The molecule has 34 heavy (non-hydrogen) atoms. The smallest absolute Gasteiger partial charge is 0.123 e. The molecule has 0 aromatic heterocycles. The van der Waals surface area contributed by atoms with E-state index >= 15 is 0 Å². The van der Waals surface area contributed by atoms with Crippen LogP contribution in [0.15, 0.2) is 66.7 Å². The molecule has 0 bridgehead atoms. The summed E-state index contributed by atoms with van der Waals surface area (Å²) in [6.45, 7) is 4.54. The molecule has 0 aliphatic carbocycles. The SMILES string of the molecule is C[C@@H]1CN(c2ccc(OCCO)cc2Cl)[C@H](c2ccc(F)cc2)CN1Cc1ccc(C#N)cc1. The number of ether oxygens (including phenoxy) is 1. The highest BCUT2D eigenvalue weighted by Crippen LogP contribution is 2.38. The Balaban J connectivity index is 1.62. The van der Waals surface area contributed by atoms with Crippen molar-refractivity contribution in [3.05, 3.63) is 94.3 Å². The van der Waals surface area contributed by atoms with Crippen LogP contribution >= 0.6 is 11.6 Å². The van der Waals surface area contributed by atoms with Gasteiger partial charge >= 0.3 is 0 Å². The van der Waals surface area contributed by atoms with Gasteiger partial charge in [0.1, 0.15) is 18.2 Å². The second-order valence-electron chi connectivity index (χ2n) is 8.49. The average molecular weight is 480 g/mol. The first-order chi connectivity index (χ1) is 16.5. The quantitative estimate of drug-likeness (QED) is 0.506. The molecule has 1 aliphatic heterocycles. The highest BCUT2D eigenvalue weighted by atomic mass is 35.5. The van der Waals surface area contributed by atoms with Gasteiger partial charge in [0.25, 0.3) is 0 Å². The molecule has 4 rings (SSSR count). The van der Waals surface area contributed by atoms with E-state index in [1.54, 1.807) is 6.07 Å². The number of hydrogen-bond acceptors (Lipinski definition) is 5. The van der Waals surface area contributed by atoms with Crippen LogP contribution in [0.25, 0.3) is 0 Å². The molecule has 3 aromatic rings. The van der Waals surface area contributed by atoms with Gasteiger partial charge in [0.15, 0.2) is 0 Å². The number of piperazine rings is 1. The van der Waals surface area contributed by atoms with Crippen molar-refractivity contribution in [3.8, 4) is 11.8 Å². The van der Waals surface area contributed by atoms with Gasteiger partial charge in [-0.3, -0.25) is 4.90 Å². The van der Waals surface area contributed by atoms with Gasteiger partial charge in [0.05, 0.1) is 35.0 Å². The van der Waals surface area contributed by atoms with Gasteiger partial charge in [-0.25, -0.2) is 4.39 Å². The molecule has 7 heteroatoms. The third kappa shape index (κ3) is 5.51. The summed E-state index contributed by atoms with van der Waals surface area (Å²) in [6, 6.07) is 22.2. The van der Waals surface area contributed by atoms with Crippen LogP contribution in [-0.4, -0.2) is 42.4 Å². The van der Waals surface area contributed by atoms with Crippen molar-refractivity contribution in [2.75, 3.05) is 31.2 Å². The summed E-state index contributed by atoms with van der Waals surface area (Å²) in [4.78, 5) is 4.67. The lowest BCUT2D eigenvalue weighted by Crippen LogP contribution is -2.53. The summed E-state index contributed by atoms with van der Waals surface area (Å²) in [5.74, 6) is 0.339. The van der Waals surface area contributed by atoms with Crippen LogP contribution in [0, 0.1) is 17.1 Å². The Bertz CT molecular complexity index is 1150. The molecule has 0 unspecified atom stereocenters. The third-order valence-corrected chi connectivity index (χ3v) is 6.48. The van der Waals surface area contributed by atoms with E-state index in [1.165, 1.54) is 12.1 Å². The van der Waals surface area contributed by atoms with Gasteiger partial charge in [-0.15, -0.1) is 0 Å². The Morgan fingerprint density at radius 2 is 1.82 bits per heavy atom. The van der Waals surface area contributed by atoms with Gasteiger partial charge in [0.2, 0.25) is 0 Å². The molecule has 0 radical (unpaired) electrons. The molecule has 1 N–H and O–H groups in total. The Kier molecular flexibility index (Phi) is 7.69. The summed E-state index contributed by atoms with van der Waals surface area (Å²) < 4.78 is 19.2. The fourth-order valence-corrected chi connectivity index (χ4v) is 4.66. The molecule has 176 valence electrons. The third-order valence-electron chi connectivity index (χ3n) is 6.18. The minimum Gasteiger partial charge on any atom is -0.491 e. The highest BCUT2D eigenvalue weighted by Gasteiger charge is 2.33. The highest BCUT2D eigenvalue weighted by molar-refractivity contribution is 6.33. The molecule has 5 nitrogen and oxygen atoms in total. The fraction of sp³-hybridized carbons (Fsp3) is 0.296. The van der Waals surface area contributed by atoms with E-state index in [-0.39, 0.29) is 31.1 Å². The summed E-state index contributed by atoms with van der Waals surface area (Å²) >= 11 is 6.68. The second-order valence-corrected chi connectivity index (χ2v) is 8.90. The lowest BCUT2D eigenvalue weighted by molar-refractivity contribution is 0.153. The normalized spacial score (nSPS) is 18.5. The molecule has 1 aliphatic rings. The minimum atomic E-state index is -0.266. The Hall–Kier alpha value is -3.11. The van der Waals surface area contributed by atoms with Crippen LogP contribution in [0.5, 0.6) is 5.75 Å². The summed E-state index contributed by atoms with van der Waals surface area (Å²) in [5, 5.41) is 18.6. The first-order valence-corrected chi connectivity index (χ1v) is 11.6. The monoisotopic (exact) mass is 479 g/mol. The zero-order valence-corrected chi connectivity index (χ0v) is 19.8. The number of halogens is 2. The van der Waals surface area contributed by atoms with Crippen molar-refractivity contribution < 1.29 is 14.2 Å². The molecule has 0 saturated carbocycles. The Morgan fingerprint density at radius 3 is 2.47 bits per heavy atom. The number of benzene rings is 3. The molecule has 1 heterocycles. The maximum Gasteiger partial charge on any atom is 0.123 e. The first-order valence-electron chi connectivity index (χ1n) is 11.3. The average Bonchev–Trinajstić information content (AvgIpc) is 2.85. The van der Waals surface area contributed by atoms with E-state index < -0.39 is 0 Å². The Morgan fingerprint density at radius 1 is 1.09 bits per heavy atom. The van der Waals surface area contributed by atoms with Crippen LogP contribution in [0.2, 0.25) is 5.02 Å². The zero-order chi connectivity index (χ0) is 24.1. The maximum atomic E-state index is 13.7. The van der Waals surface area contributed by atoms with Crippen LogP contribution in [-0.2, 0) is 6.54 Å². The van der Waals surface area contributed by atoms with Gasteiger partial charge in [-0.1, -0.05) is 35.9 Å². The lowest BCUT2D eigenvalue weighted by atomic mass is 9.98. The number of hydrogen-bond donors (Lipinski definition) is 1. The topological polar surface area (TPSA) is 59.7 Å². The molecule has 1 fully saturated rings. The maximum absolute atomic E-state index is 13.7. The van der Waals surface area contributed by atoms with E-state index in [4.69, 9.17) is 26.7 Å². The first kappa shape index (κ1) is 24.0. The van der Waals surface area contributed by atoms with Crippen molar-refractivity contribution >= 4 is 17.3 Å². The number of nitrogens with zero attached hydrogens (tertiary/aromatic N) is 3. The zero-order valence-electron chi connectivity index (χ0n) is 19.0. The summed E-state index contributed by atoms with van der Waals surface area (Å²) in [6.07, 6.45) is 0. The molecule has 0 spiro atoms. The van der Waals surface area contributed by atoms with E-state index in [0.29, 0.717) is 16.3 Å². The van der Waals surface area contributed by atoms with E-state index in [2.05, 4.69) is 22.8 Å². The van der Waals surface area contributed by atoms with Crippen LogP contribution in [0.3, 0.4) is 0 Å². The van der Waals surface area contributed by atoms with E-state index in [0.717, 1.165) is 36.4 Å². The van der Waals surface area contributed by atoms with E-state index in [9.17, 15) is 4.39 Å². The number of aliphatic hydroxyl groups is 1. The van der Waals surface area contributed by atoms with Crippen molar-refractivity contribution in [1.29, 1.82) is 5.26 Å². The molecule has 0 amide bonds. The van der Waals surface area contributed by atoms with Gasteiger partial charge in [0, 0.05) is 31.7 Å². The molecule has 3 aromatic carbocycles. The van der Waals surface area contributed by atoms with Crippen molar-refractivity contribution in [2.24, 2.45) is 0 Å². The minimum absolute atomic E-state index is 0.0307. The molecule has 2 atom stereocenters. The van der Waals surface area contributed by atoms with Crippen molar-refractivity contribution in [3.63, 3.8) is 0 Å². The van der Waals surface area contributed by atoms with Gasteiger partial charge in [-0.05, 0) is 54.4 Å². The van der Waals surface area contributed by atoms with E-state index in [1.807, 2.05) is 48.5 Å². The largest absolute Gasteiger partial charge is 0.491 e. The summed E-state index contributed by atoms with van der Waals surface area (Å²) in [5.41, 5.74) is 3.68. The van der Waals surface area contributed by atoms with Gasteiger partial charge in [-0.2, -0.15) is 5.26 Å². The molecular formula is C27H27ClFN3O2. The summed E-state index contributed by atoms with van der Waals surface area (Å²) in [7, 11) is 0. The lowest BCUT2D eigenvalue weighted by Gasteiger charge is -2.47. The number of rotatable bonds is 7. The van der Waals surface area contributed by atoms with Crippen LogP contribution in [0.1, 0.15) is 29.7 Å². The van der Waals surface area contributed by atoms with Crippen molar-refractivity contribution in [1.82, 2.24) is 4.90 Å². The fourth-order valence-electron chi connectivity index (χ4n) is 4.38. The van der Waals surface area contributed by atoms with Crippen LogP contribution < -0.4 is 9.64 Å². The predicted octanol–water partition coefficient (Wildman–Crippen LogP) is 5.17.